The average Bonchev–Trinajstić information content (AvgIpc) is 2.66. The lowest BCUT2D eigenvalue weighted by Crippen LogP contribution is -2.36. The molecular weight excluding hydrogens is 418 g/mol. The molecule has 0 bridgehead atoms. The summed E-state index contributed by atoms with van der Waals surface area (Å²) in [7, 11) is 1.33. The number of benzene rings is 1. The van der Waals surface area contributed by atoms with Gasteiger partial charge in [-0.1, -0.05) is 30.3 Å². The summed E-state index contributed by atoms with van der Waals surface area (Å²) < 4.78 is 11.1. The van der Waals surface area contributed by atoms with E-state index in [1.807, 2.05) is 66.0 Å². The molecule has 30 heavy (non-hydrogen) atoms. The quantitative estimate of drug-likeness (QED) is 0.402. The molecule has 0 spiro atoms. The second-order valence-electron chi connectivity index (χ2n) is 8.24. The van der Waals surface area contributed by atoms with Gasteiger partial charge in [-0.25, -0.2) is 4.79 Å². The molecule has 0 radical (unpaired) electrons. The van der Waals surface area contributed by atoms with Crippen LogP contribution in [0.5, 0.6) is 0 Å². The molecular formula is C24H34ClNO3S. The van der Waals surface area contributed by atoms with Gasteiger partial charge in [-0.2, -0.15) is 11.8 Å². The van der Waals surface area contributed by atoms with E-state index in [-0.39, 0.29) is 0 Å². The van der Waals surface area contributed by atoms with E-state index in [4.69, 9.17) is 26.8 Å². The Kier molecular flexibility index (Phi) is 9.73. The Balaban J connectivity index is 3.70. The van der Waals surface area contributed by atoms with Gasteiger partial charge in [0.2, 0.25) is 0 Å². The van der Waals surface area contributed by atoms with E-state index in [2.05, 4.69) is 6.58 Å². The number of allylic oxidation sites excluding steroid dienone is 2. The summed E-state index contributed by atoms with van der Waals surface area (Å²) in [6.07, 6.45) is 0.949. The molecule has 0 amide bonds. The van der Waals surface area contributed by atoms with Gasteiger partial charge in [0.15, 0.2) is 6.10 Å². The molecule has 0 aliphatic rings. The highest BCUT2D eigenvalue weighted by atomic mass is 35.5. The van der Waals surface area contributed by atoms with Gasteiger partial charge in [0.1, 0.15) is 0 Å². The lowest BCUT2D eigenvalue weighted by atomic mass is 9.96. The third-order valence-corrected chi connectivity index (χ3v) is 5.76. The maximum atomic E-state index is 12.7. The zero-order valence-electron chi connectivity index (χ0n) is 19.3. The second-order valence-corrected chi connectivity index (χ2v) is 9.48. The minimum atomic E-state index is -1.01. The summed E-state index contributed by atoms with van der Waals surface area (Å²) in [4.78, 5) is 12.7. The molecule has 0 saturated heterocycles. The van der Waals surface area contributed by atoms with E-state index in [0.29, 0.717) is 33.2 Å². The number of aryl methyl sites for hydroxylation is 2. The maximum Gasteiger partial charge on any atom is 0.339 e. The number of carbonyl (C=O) groups is 1. The van der Waals surface area contributed by atoms with Crippen LogP contribution in [0.2, 0.25) is 0 Å². The highest BCUT2D eigenvalue weighted by Gasteiger charge is 2.33. The Labute approximate surface area is 190 Å². The van der Waals surface area contributed by atoms with E-state index in [9.17, 15) is 4.79 Å². The molecule has 0 saturated carbocycles. The van der Waals surface area contributed by atoms with Gasteiger partial charge in [0.05, 0.1) is 17.7 Å². The maximum absolute atomic E-state index is 12.7. The molecule has 0 aliphatic heterocycles. The molecule has 1 rings (SSSR count). The number of thioether (sulfide) groups is 1. The van der Waals surface area contributed by atoms with Crippen molar-refractivity contribution in [3.8, 4) is 0 Å². The first-order valence-electron chi connectivity index (χ1n) is 9.70. The number of methoxy groups -OCH3 is 1. The van der Waals surface area contributed by atoms with Crippen LogP contribution in [0.4, 0.5) is 0 Å². The number of carbonyl (C=O) groups excluding carboxylic acids is 1. The minimum absolute atomic E-state index is 0.351. The Morgan fingerprint density at radius 2 is 1.87 bits per heavy atom. The van der Waals surface area contributed by atoms with E-state index in [1.54, 1.807) is 11.8 Å². The largest absolute Gasteiger partial charge is 0.467 e. The Morgan fingerprint density at radius 1 is 1.27 bits per heavy atom. The third-order valence-electron chi connectivity index (χ3n) is 4.64. The zero-order valence-corrected chi connectivity index (χ0v) is 20.9. The van der Waals surface area contributed by atoms with Gasteiger partial charge in [0, 0.05) is 17.0 Å². The van der Waals surface area contributed by atoms with Gasteiger partial charge in [-0.3, -0.25) is 0 Å². The molecule has 1 aromatic rings. The van der Waals surface area contributed by atoms with Crippen molar-refractivity contribution in [1.82, 2.24) is 0 Å². The van der Waals surface area contributed by atoms with Crippen LogP contribution in [0.25, 0.3) is 5.70 Å². The van der Waals surface area contributed by atoms with Crippen LogP contribution in [0.15, 0.2) is 46.5 Å². The van der Waals surface area contributed by atoms with Crippen molar-refractivity contribution >= 4 is 35.0 Å². The van der Waals surface area contributed by atoms with Gasteiger partial charge < -0.3 is 15.2 Å². The van der Waals surface area contributed by atoms with Crippen LogP contribution in [0.1, 0.15) is 44.4 Å². The zero-order chi connectivity index (χ0) is 23.2. The molecule has 1 atom stereocenters. The van der Waals surface area contributed by atoms with Crippen molar-refractivity contribution < 1.29 is 14.3 Å². The van der Waals surface area contributed by atoms with Crippen LogP contribution in [0.3, 0.4) is 0 Å². The first-order chi connectivity index (χ1) is 13.8. The molecule has 0 aromatic heterocycles. The van der Waals surface area contributed by atoms with E-state index >= 15 is 0 Å². The number of halogens is 1. The minimum Gasteiger partial charge on any atom is -0.467 e. The molecule has 0 fully saturated rings. The van der Waals surface area contributed by atoms with Crippen LogP contribution >= 0.6 is 23.4 Å². The Hall–Kier alpha value is -1.69. The summed E-state index contributed by atoms with van der Waals surface area (Å²) in [5.41, 5.74) is 11.5. The fraction of sp³-hybridized carbons (Fsp3) is 0.458. The van der Waals surface area contributed by atoms with Crippen molar-refractivity contribution in [3.63, 3.8) is 0 Å². The van der Waals surface area contributed by atoms with Crippen LogP contribution in [-0.2, 0) is 14.3 Å². The van der Waals surface area contributed by atoms with Gasteiger partial charge in [0.25, 0.3) is 0 Å². The summed E-state index contributed by atoms with van der Waals surface area (Å²) >= 11 is 8.44. The molecule has 6 heteroatoms. The smallest absolute Gasteiger partial charge is 0.339 e. The number of nitrogens with two attached hydrogens (primary N) is 1. The number of ether oxygens (including phenoxy) is 2. The highest BCUT2D eigenvalue weighted by Crippen LogP contribution is 2.34. The number of rotatable bonds is 8. The average molecular weight is 452 g/mol. The Morgan fingerprint density at radius 3 is 2.33 bits per heavy atom. The summed E-state index contributed by atoms with van der Waals surface area (Å²) in [6, 6.07) is 6.01. The van der Waals surface area contributed by atoms with E-state index < -0.39 is 17.7 Å². The number of esters is 1. The van der Waals surface area contributed by atoms with Gasteiger partial charge in [-0.05, 0) is 81.7 Å². The number of hydrogen-bond acceptors (Lipinski definition) is 5. The monoisotopic (exact) mass is 451 g/mol. The molecule has 4 nitrogen and oxygen atoms in total. The number of hydrogen-bond donors (Lipinski definition) is 1. The molecule has 0 unspecified atom stereocenters. The van der Waals surface area contributed by atoms with Gasteiger partial charge >= 0.3 is 5.97 Å². The van der Waals surface area contributed by atoms with Crippen molar-refractivity contribution in [2.45, 2.75) is 53.2 Å². The fourth-order valence-corrected chi connectivity index (χ4v) is 3.68. The van der Waals surface area contributed by atoms with E-state index in [1.165, 1.54) is 12.7 Å². The van der Waals surface area contributed by atoms with E-state index in [0.717, 1.165) is 11.1 Å². The lowest BCUT2D eigenvalue weighted by molar-refractivity contribution is -0.159. The van der Waals surface area contributed by atoms with Crippen LogP contribution in [-0.4, -0.2) is 36.8 Å². The van der Waals surface area contributed by atoms with Crippen molar-refractivity contribution in [1.29, 1.82) is 0 Å². The highest BCUT2D eigenvalue weighted by molar-refractivity contribution is 7.98. The predicted molar refractivity (Wildman–Crippen MR) is 130 cm³/mol. The standard InChI is InChI=1S/C24H34ClNO3S/c1-14-10-11-18(12-15(14)2)21(26)17(4)20(25)19(16(3)13-30-9)22(23(27)28-8)29-24(5,6)7/h10-12,22H,3,13,26H2,1-2,4-9H3/b20-19-,21-17-/t22-/m0/s1. The molecule has 0 heterocycles. The van der Waals surface area contributed by atoms with Crippen LogP contribution in [0, 0.1) is 13.8 Å². The van der Waals surface area contributed by atoms with Gasteiger partial charge in [-0.15, -0.1) is 0 Å². The Bertz CT molecular complexity index is 866. The lowest BCUT2D eigenvalue weighted by Gasteiger charge is -2.29. The predicted octanol–water partition coefficient (Wildman–Crippen LogP) is 5.76. The van der Waals surface area contributed by atoms with Crippen molar-refractivity contribution in [2.75, 3.05) is 19.1 Å². The topological polar surface area (TPSA) is 61.5 Å². The molecule has 2 N–H and O–H groups in total. The summed E-state index contributed by atoms with van der Waals surface area (Å²) in [5.74, 6) is 0.0569. The van der Waals surface area contributed by atoms with Crippen molar-refractivity contribution in [3.05, 3.63) is 63.2 Å². The first-order valence-corrected chi connectivity index (χ1v) is 11.5. The van der Waals surface area contributed by atoms with Crippen molar-refractivity contribution in [2.24, 2.45) is 5.73 Å². The second kappa shape index (κ2) is 11.1. The van der Waals surface area contributed by atoms with Crippen LogP contribution < -0.4 is 5.73 Å². The fourth-order valence-electron chi connectivity index (χ4n) is 2.84. The summed E-state index contributed by atoms with van der Waals surface area (Å²) in [5, 5.41) is 0.351. The normalized spacial score (nSPS) is 14.6. The molecule has 1 aromatic carbocycles. The SMILES string of the molecule is C=C(CSC)/C(=C(Cl)\C(C)=C(/N)c1ccc(C)c(C)c1)[C@H](OC(C)(C)C)C(=O)OC. The summed E-state index contributed by atoms with van der Waals surface area (Å²) in [6.45, 7) is 15.7. The first kappa shape index (κ1) is 26.3. The molecule has 0 aliphatic carbocycles. The molecule has 166 valence electrons. The third kappa shape index (κ3) is 6.93.